The van der Waals surface area contributed by atoms with Crippen molar-refractivity contribution in [2.75, 3.05) is 18.0 Å². The van der Waals surface area contributed by atoms with E-state index in [4.69, 9.17) is 12.2 Å². The van der Waals surface area contributed by atoms with Crippen LogP contribution in [0.1, 0.15) is 52.0 Å². The van der Waals surface area contributed by atoms with Gasteiger partial charge in [-0.1, -0.05) is 62.8 Å². The number of aliphatic carboxylic acids is 1. The predicted octanol–water partition coefficient (Wildman–Crippen LogP) is 4.77. The summed E-state index contributed by atoms with van der Waals surface area (Å²) in [6, 6.07) is 7.18. The molecule has 0 aliphatic carbocycles. The number of hydrogen-bond acceptors (Lipinski definition) is 5. The first-order valence-electron chi connectivity index (χ1n) is 9.73. The number of unbranched alkanes of at least 4 members (excludes halogenated alkanes) is 2. The zero-order valence-electron chi connectivity index (χ0n) is 16.7. The van der Waals surface area contributed by atoms with Gasteiger partial charge in [0.25, 0.3) is 5.91 Å². The molecule has 1 atom stereocenters. The highest BCUT2D eigenvalue weighted by Crippen LogP contribution is 2.34. The Kier molecular flexibility index (Phi) is 8.51. The highest BCUT2D eigenvalue weighted by atomic mass is 32.2. The van der Waals surface area contributed by atoms with Crippen molar-refractivity contribution in [3.63, 3.8) is 0 Å². The summed E-state index contributed by atoms with van der Waals surface area (Å²) in [5, 5.41) is 9.17. The fourth-order valence-electron chi connectivity index (χ4n) is 2.92. The zero-order chi connectivity index (χ0) is 20.7. The molecule has 0 aromatic heterocycles. The average molecular weight is 421 g/mol. The number of amides is 1. The molecule has 28 heavy (non-hydrogen) atoms. The number of thiocarbonyl (C=S) groups is 1. The number of carbonyl (C=O) groups excluding carboxylic acids is 1. The van der Waals surface area contributed by atoms with Crippen LogP contribution in [0.15, 0.2) is 29.2 Å². The van der Waals surface area contributed by atoms with Crippen LogP contribution in [0.4, 0.5) is 5.69 Å². The maximum atomic E-state index is 12.6. The molecular formula is C21H28N2O3S2. The van der Waals surface area contributed by atoms with Crippen LogP contribution in [0, 0.1) is 0 Å². The number of nitrogens with zero attached hydrogens (tertiary/aromatic N) is 2. The molecule has 0 saturated carbocycles. The third kappa shape index (κ3) is 5.58. The van der Waals surface area contributed by atoms with Gasteiger partial charge in [0.05, 0.1) is 4.91 Å². The lowest BCUT2D eigenvalue weighted by molar-refractivity contribution is -0.144. The first-order valence-corrected chi connectivity index (χ1v) is 11.0. The number of anilines is 1. The van der Waals surface area contributed by atoms with Crippen LogP contribution in [0.3, 0.4) is 0 Å². The Morgan fingerprint density at radius 1 is 1.21 bits per heavy atom. The molecule has 152 valence electrons. The zero-order valence-corrected chi connectivity index (χ0v) is 18.3. The van der Waals surface area contributed by atoms with E-state index in [-0.39, 0.29) is 10.2 Å². The first kappa shape index (κ1) is 22.4. The van der Waals surface area contributed by atoms with Crippen LogP contribution in [0.2, 0.25) is 0 Å². The predicted molar refractivity (Wildman–Crippen MR) is 121 cm³/mol. The van der Waals surface area contributed by atoms with Gasteiger partial charge in [-0.3, -0.25) is 9.69 Å². The summed E-state index contributed by atoms with van der Waals surface area (Å²) in [6.07, 6.45) is 6.43. The van der Waals surface area contributed by atoms with E-state index in [1.54, 1.807) is 6.08 Å². The maximum absolute atomic E-state index is 12.6. The molecule has 0 bridgehead atoms. The Bertz CT molecular complexity index is 739. The molecule has 0 spiro atoms. The smallest absolute Gasteiger partial charge is 0.326 e. The topological polar surface area (TPSA) is 60.9 Å². The second-order valence-corrected chi connectivity index (χ2v) is 8.53. The highest BCUT2D eigenvalue weighted by molar-refractivity contribution is 8.26. The number of carbonyl (C=O) groups is 2. The Labute approximate surface area is 176 Å². The van der Waals surface area contributed by atoms with Crippen molar-refractivity contribution < 1.29 is 14.7 Å². The van der Waals surface area contributed by atoms with Gasteiger partial charge >= 0.3 is 5.97 Å². The Morgan fingerprint density at radius 3 is 2.29 bits per heavy atom. The van der Waals surface area contributed by atoms with Crippen LogP contribution >= 0.6 is 24.0 Å². The van der Waals surface area contributed by atoms with Crippen LogP contribution < -0.4 is 4.90 Å². The minimum absolute atomic E-state index is 0.285. The Balaban J connectivity index is 2.15. The lowest BCUT2D eigenvalue weighted by Gasteiger charge is -2.24. The van der Waals surface area contributed by atoms with Crippen molar-refractivity contribution in [2.45, 2.75) is 52.5 Å². The van der Waals surface area contributed by atoms with Gasteiger partial charge in [0.1, 0.15) is 10.4 Å². The van der Waals surface area contributed by atoms with Gasteiger partial charge in [0, 0.05) is 18.8 Å². The number of thioether (sulfide) groups is 1. The van der Waals surface area contributed by atoms with Gasteiger partial charge in [-0.15, -0.1) is 0 Å². The van der Waals surface area contributed by atoms with E-state index in [1.165, 1.54) is 17.5 Å². The second-order valence-electron chi connectivity index (χ2n) is 6.85. The summed E-state index contributed by atoms with van der Waals surface area (Å²) in [5.74, 6) is -1.41. The summed E-state index contributed by atoms with van der Waals surface area (Å²) in [7, 11) is 0. The summed E-state index contributed by atoms with van der Waals surface area (Å²) >= 11 is 6.35. The molecule has 1 aromatic carbocycles. The number of carboxylic acids is 1. The van der Waals surface area contributed by atoms with Crippen molar-refractivity contribution in [3.8, 4) is 0 Å². The average Bonchev–Trinajstić information content (AvgIpc) is 2.95. The number of benzene rings is 1. The van der Waals surface area contributed by atoms with E-state index >= 15 is 0 Å². The van der Waals surface area contributed by atoms with E-state index in [0.29, 0.717) is 4.91 Å². The maximum Gasteiger partial charge on any atom is 0.326 e. The molecule has 2 rings (SSSR count). The second kappa shape index (κ2) is 10.6. The van der Waals surface area contributed by atoms with E-state index in [2.05, 4.69) is 30.9 Å². The fourth-order valence-corrected chi connectivity index (χ4v) is 4.34. The standard InChI is InChI=1S/C21H28N2O3S2/c1-4-6-12-22(13-7-5-2)17-10-8-16(9-11-17)14-18-19(24)23(21(27)28-18)15(3)20(25)26/h8-11,14-15H,4-7,12-13H2,1-3H3,(H,25,26)/b18-14-. The van der Waals surface area contributed by atoms with Gasteiger partial charge in [0.2, 0.25) is 0 Å². The number of rotatable bonds is 10. The van der Waals surface area contributed by atoms with Crippen molar-refractivity contribution in [1.29, 1.82) is 0 Å². The highest BCUT2D eigenvalue weighted by Gasteiger charge is 2.38. The third-order valence-electron chi connectivity index (χ3n) is 4.69. The molecule has 1 heterocycles. The molecule has 0 radical (unpaired) electrons. The molecule has 1 aliphatic heterocycles. The summed E-state index contributed by atoms with van der Waals surface area (Å²) < 4.78 is 0.285. The number of carboxylic acid groups (broad SMARTS) is 1. The molecule has 1 saturated heterocycles. The van der Waals surface area contributed by atoms with Gasteiger partial charge in [-0.2, -0.15) is 0 Å². The summed E-state index contributed by atoms with van der Waals surface area (Å²) in [4.78, 5) is 27.8. The third-order valence-corrected chi connectivity index (χ3v) is 6.02. The van der Waals surface area contributed by atoms with Crippen molar-refractivity contribution in [3.05, 3.63) is 34.7 Å². The molecule has 1 N–H and O–H groups in total. The largest absolute Gasteiger partial charge is 0.480 e. The molecule has 1 aliphatic rings. The van der Waals surface area contributed by atoms with Crippen LogP contribution in [0.25, 0.3) is 6.08 Å². The molecule has 7 heteroatoms. The van der Waals surface area contributed by atoms with Crippen molar-refractivity contribution in [1.82, 2.24) is 4.90 Å². The summed E-state index contributed by atoms with van der Waals surface area (Å²) in [5.41, 5.74) is 2.09. The summed E-state index contributed by atoms with van der Waals surface area (Å²) in [6.45, 7) is 7.94. The number of hydrogen-bond donors (Lipinski definition) is 1. The van der Waals surface area contributed by atoms with Crippen molar-refractivity contribution in [2.24, 2.45) is 0 Å². The van der Waals surface area contributed by atoms with Crippen LogP contribution in [-0.4, -0.2) is 45.3 Å². The van der Waals surface area contributed by atoms with E-state index < -0.39 is 12.0 Å². The van der Waals surface area contributed by atoms with E-state index in [1.807, 2.05) is 12.1 Å². The van der Waals surface area contributed by atoms with Crippen LogP contribution in [-0.2, 0) is 9.59 Å². The SMILES string of the molecule is CCCCN(CCCC)c1ccc(/C=C2\SC(=S)N(C(C)C(=O)O)C2=O)cc1. The van der Waals surface area contributed by atoms with Gasteiger partial charge < -0.3 is 10.0 Å². The Hall–Kier alpha value is -1.86. The van der Waals surface area contributed by atoms with Crippen molar-refractivity contribution >= 4 is 51.9 Å². The molecular weight excluding hydrogens is 392 g/mol. The first-order chi connectivity index (χ1) is 13.4. The van der Waals surface area contributed by atoms with Gasteiger partial charge in [-0.05, 0) is 43.5 Å². The van der Waals surface area contributed by atoms with E-state index in [0.717, 1.165) is 56.1 Å². The van der Waals surface area contributed by atoms with Gasteiger partial charge in [0.15, 0.2) is 0 Å². The normalized spacial score (nSPS) is 16.7. The minimum atomic E-state index is -1.07. The molecule has 1 aromatic rings. The Morgan fingerprint density at radius 2 is 1.79 bits per heavy atom. The molecule has 1 fully saturated rings. The van der Waals surface area contributed by atoms with E-state index in [9.17, 15) is 14.7 Å². The molecule has 1 unspecified atom stereocenters. The lowest BCUT2D eigenvalue weighted by atomic mass is 10.1. The fraction of sp³-hybridized carbons (Fsp3) is 0.476. The van der Waals surface area contributed by atoms with Gasteiger partial charge in [-0.25, -0.2) is 4.79 Å². The lowest BCUT2D eigenvalue weighted by Crippen LogP contribution is -2.41. The van der Waals surface area contributed by atoms with Crippen LogP contribution in [0.5, 0.6) is 0 Å². The monoisotopic (exact) mass is 420 g/mol. The quantitative estimate of drug-likeness (QED) is 0.435. The molecule has 5 nitrogen and oxygen atoms in total. The molecule has 1 amide bonds. The minimum Gasteiger partial charge on any atom is -0.480 e.